The minimum absolute atomic E-state index is 0.220. The summed E-state index contributed by atoms with van der Waals surface area (Å²) in [4.78, 5) is 4.86. The van der Waals surface area contributed by atoms with Gasteiger partial charge < -0.3 is 9.80 Å². The number of rotatable bonds is 7. The number of hydrogen-bond acceptors (Lipinski definition) is 2. The van der Waals surface area contributed by atoms with Crippen LogP contribution in [-0.4, -0.2) is 10.9 Å². The van der Waals surface area contributed by atoms with E-state index in [0.29, 0.717) is 0 Å². The maximum absolute atomic E-state index is 4.75. The Morgan fingerprint density at radius 2 is 1.55 bits per heavy atom. The molecule has 1 atom stereocenters. The van der Waals surface area contributed by atoms with E-state index in [0.717, 1.165) is 67.6 Å². The van der Waals surface area contributed by atoms with E-state index < -0.39 is 0 Å². The lowest BCUT2D eigenvalue weighted by atomic mass is 9.81. The van der Waals surface area contributed by atoms with E-state index in [1.54, 1.807) is 0 Å². The van der Waals surface area contributed by atoms with Crippen molar-refractivity contribution >= 4 is 28.7 Å². The van der Waals surface area contributed by atoms with Crippen LogP contribution >= 0.6 is 0 Å². The molecule has 2 nitrogen and oxygen atoms in total. The van der Waals surface area contributed by atoms with Gasteiger partial charge in [0.2, 0.25) is 0 Å². The number of allylic oxidation sites excluding steroid dienone is 11. The molecule has 0 saturated carbocycles. The number of nitrogens with zero attached hydrogens (tertiary/aromatic N) is 2. The molecule has 0 saturated heterocycles. The average Bonchev–Trinajstić information content (AvgIpc) is 3.32. The molecular weight excluding hydrogens is 593 g/mol. The van der Waals surface area contributed by atoms with Crippen LogP contribution in [0, 0.1) is 0 Å². The van der Waals surface area contributed by atoms with E-state index in [1.807, 2.05) is 0 Å². The van der Waals surface area contributed by atoms with E-state index in [1.165, 1.54) is 50.4 Å². The summed E-state index contributed by atoms with van der Waals surface area (Å²) >= 11 is 0. The monoisotopic (exact) mass is 638 g/mol. The number of para-hydroxylation sites is 1. The van der Waals surface area contributed by atoms with Crippen molar-refractivity contribution in [2.24, 2.45) is 0 Å². The Labute approximate surface area is 292 Å². The zero-order valence-corrected chi connectivity index (χ0v) is 29.0. The number of fused-ring (bicyclic) bond motifs is 2. The van der Waals surface area contributed by atoms with E-state index in [2.05, 4.69) is 151 Å². The highest BCUT2D eigenvalue weighted by molar-refractivity contribution is 5.91. The topological polar surface area (TPSA) is 6.48 Å². The van der Waals surface area contributed by atoms with Gasteiger partial charge >= 0.3 is 0 Å². The van der Waals surface area contributed by atoms with Crippen LogP contribution in [0.3, 0.4) is 0 Å². The molecule has 49 heavy (non-hydrogen) atoms. The minimum Gasteiger partial charge on any atom is -0.335 e. The molecule has 0 radical (unpaired) electrons. The van der Waals surface area contributed by atoms with Crippen molar-refractivity contribution in [3.8, 4) is 0 Å². The molecule has 244 valence electrons. The van der Waals surface area contributed by atoms with Crippen molar-refractivity contribution in [3.05, 3.63) is 185 Å². The van der Waals surface area contributed by atoms with Crippen LogP contribution in [0.25, 0.3) is 11.6 Å². The van der Waals surface area contributed by atoms with Crippen molar-refractivity contribution in [3.63, 3.8) is 0 Å². The largest absolute Gasteiger partial charge is 0.335 e. The fraction of sp³-hybridized carbons (Fsp3) is 0.234. The standard InChI is InChI=1S/C47H46N2/c1-33(48(39-19-7-5-8-20-39)41-25-23-35-15-11-13-17-37(35)30-41)29-45-34(2)44-28-27-43(32-46(44)47(45,3)4)49(40-21-9-6-10-22-40)42-26-24-36-16-12-14-18-38(36)31-42/h6-7,9-10,13-14,17-29,31-32,41H,1-2,5,8,11-12,15-16,30H2,3-4H3/b45-29+. The molecule has 0 spiro atoms. The molecule has 5 aliphatic carbocycles. The smallest absolute Gasteiger partial charge is 0.0565 e. The third-order valence-corrected chi connectivity index (χ3v) is 11.0. The van der Waals surface area contributed by atoms with Gasteiger partial charge in [0.25, 0.3) is 0 Å². The first-order valence-corrected chi connectivity index (χ1v) is 18.0. The highest BCUT2D eigenvalue weighted by Crippen LogP contribution is 2.51. The molecular formula is C47H46N2. The number of anilines is 3. The second kappa shape index (κ2) is 12.7. The highest BCUT2D eigenvalue weighted by atomic mass is 15.2. The summed E-state index contributed by atoms with van der Waals surface area (Å²) in [6.45, 7) is 14.1. The number of benzene rings is 3. The van der Waals surface area contributed by atoms with Gasteiger partial charge in [-0.05, 0) is 138 Å². The number of aryl methyl sites for hydroxylation is 1. The van der Waals surface area contributed by atoms with Crippen LogP contribution in [0.15, 0.2) is 163 Å². The Balaban J connectivity index is 1.16. The summed E-state index contributed by atoms with van der Waals surface area (Å²) < 4.78 is 0. The lowest BCUT2D eigenvalue weighted by molar-refractivity contribution is 0.375. The molecule has 0 fully saturated rings. The highest BCUT2D eigenvalue weighted by Gasteiger charge is 2.38. The zero-order chi connectivity index (χ0) is 33.5. The predicted molar refractivity (Wildman–Crippen MR) is 209 cm³/mol. The van der Waals surface area contributed by atoms with E-state index in [4.69, 9.17) is 13.2 Å². The van der Waals surface area contributed by atoms with Gasteiger partial charge in [0.1, 0.15) is 0 Å². The first-order valence-electron chi connectivity index (χ1n) is 18.0. The van der Waals surface area contributed by atoms with Gasteiger partial charge in [0.05, 0.1) is 6.04 Å². The summed E-state index contributed by atoms with van der Waals surface area (Å²) in [6, 6.07) is 24.8. The van der Waals surface area contributed by atoms with Gasteiger partial charge in [-0.1, -0.05) is 106 Å². The fourth-order valence-corrected chi connectivity index (χ4v) is 8.37. The molecule has 3 aromatic carbocycles. The summed E-state index contributed by atoms with van der Waals surface area (Å²) in [6.07, 6.45) is 30.9. The second-order valence-electron chi connectivity index (χ2n) is 14.5. The summed E-state index contributed by atoms with van der Waals surface area (Å²) in [7, 11) is 0. The van der Waals surface area contributed by atoms with E-state index in [9.17, 15) is 0 Å². The lowest BCUT2D eigenvalue weighted by Crippen LogP contribution is -2.33. The maximum atomic E-state index is 4.75. The summed E-state index contributed by atoms with van der Waals surface area (Å²) in [5.74, 6) is 0. The number of hydrogen-bond donors (Lipinski definition) is 0. The first-order chi connectivity index (χ1) is 23.9. The van der Waals surface area contributed by atoms with Crippen LogP contribution in [0.2, 0.25) is 0 Å². The van der Waals surface area contributed by atoms with Crippen LogP contribution in [0.4, 0.5) is 17.1 Å². The van der Waals surface area contributed by atoms with Gasteiger partial charge in [0.15, 0.2) is 0 Å². The van der Waals surface area contributed by atoms with Crippen LogP contribution < -0.4 is 4.90 Å². The molecule has 0 amide bonds. The van der Waals surface area contributed by atoms with Crippen LogP contribution in [0.5, 0.6) is 0 Å². The molecule has 0 N–H and O–H groups in total. The Kier molecular flexibility index (Phi) is 8.12. The molecule has 2 heteroatoms. The van der Waals surface area contributed by atoms with E-state index in [-0.39, 0.29) is 11.5 Å². The summed E-state index contributed by atoms with van der Waals surface area (Å²) in [5.41, 5.74) is 16.0. The van der Waals surface area contributed by atoms with E-state index >= 15 is 0 Å². The van der Waals surface area contributed by atoms with Gasteiger partial charge in [-0.25, -0.2) is 0 Å². The average molecular weight is 639 g/mol. The van der Waals surface area contributed by atoms with Crippen molar-refractivity contribution < 1.29 is 0 Å². The SMILES string of the molecule is C=C1/C(=C\C(=C)N(C2=CCCC=C2)C2C=CC3=C(C=CCC3)C2)C(C)(C)c2cc(N(c3ccccc3)c3ccc4c(c3)C=CCC4)ccc21. The second-order valence-corrected chi connectivity index (χ2v) is 14.5. The fourth-order valence-electron chi connectivity index (χ4n) is 8.37. The maximum Gasteiger partial charge on any atom is 0.0565 e. The van der Waals surface area contributed by atoms with Crippen molar-refractivity contribution in [1.29, 1.82) is 0 Å². The first kappa shape index (κ1) is 31.2. The normalized spacial score (nSPS) is 20.9. The third-order valence-electron chi connectivity index (χ3n) is 11.0. The van der Waals surface area contributed by atoms with Gasteiger partial charge in [-0.3, -0.25) is 0 Å². The quantitative estimate of drug-likeness (QED) is 0.254. The molecule has 0 bridgehead atoms. The van der Waals surface area contributed by atoms with Crippen molar-refractivity contribution in [1.82, 2.24) is 4.90 Å². The molecule has 1 unspecified atom stereocenters. The van der Waals surface area contributed by atoms with Crippen LogP contribution in [0.1, 0.15) is 74.6 Å². The third kappa shape index (κ3) is 5.74. The molecule has 0 aromatic heterocycles. The lowest BCUT2D eigenvalue weighted by Gasteiger charge is -2.37. The molecule has 8 rings (SSSR count). The van der Waals surface area contributed by atoms with Gasteiger partial charge in [-0.2, -0.15) is 0 Å². The van der Waals surface area contributed by atoms with Crippen molar-refractivity contribution in [2.75, 3.05) is 4.90 Å². The molecule has 5 aliphatic rings. The van der Waals surface area contributed by atoms with Gasteiger partial charge in [0, 0.05) is 33.9 Å². The Morgan fingerprint density at radius 1 is 0.776 bits per heavy atom. The van der Waals surface area contributed by atoms with Crippen molar-refractivity contribution in [2.45, 2.75) is 70.3 Å². The summed E-state index contributed by atoms with van der Waals surface area (Å²) in [5, 5.41) is 0. The van der Waals surface area contributed by atoms with Crippen LogP contribution in [-0.2, 0) is 11.8 Å². The van der Waals surface area contributed by atoms with Gasteiger partial charge in [-0.15, -0.1) is 0 Å². The minimum atomic E-state index is -0.251. The molecule has 0 aliphatic heterocycles. The molecule has 0 heterocycles. The predicted octanol–water partition coefficient (Wildman–Crippen LogP) is 12.4. The Bertz CT molecular complexity index is 2060. The zero-order valence-electron chi connectivity index (χ0n) is 29.0. The Morgan fingerprint density at radius 3 is 2.39 bits per heavy atom. The molecule has 3 aromatic rings. The Hall–Kier alpha value is -5.08.